The zero-order valence-corrected chi connectivity index (χ0v) is 23.1. The summed E-state index contributed by atoms with van der Waals surface area (Å²) in [6.45, 7) is 4.90. The van der Waals surface area contributed by atoms with Gasteiger partial charge in [-0.3, -0.25) is 9.59 Å². The van der Waals surface area contributed by atoms with Crippen molar-refractivity contribution in [3.63, 3.8) is 0 Å². The number of para-hydroxylation sites is 1. The first-order valence-electron chi connectivity index (χ1n) is 12.1. The molecular weight excluding hydrogens is 499 g/mol. The maximum Gasteiger partial charge on any atom is 0.304 e. The molecule has 0 aromatic heterocycles. The third-order valence-electron chi connectivity index (χ3n) is 6.01. The summed E-state index contributed by atoms with van der Waals surface area (Å²) in [5.41, 5.74) is 0.429. The molecule has 204 valence electrons. The minimum absolute atomic E-state index is 0.0234. The van der Waals surface area contributed by atoms with E-state index in [1.807, 2.05) is 13.8 Å². The van der Waals surface area contributed by atoms with Crippen molar-refractivity contribution in [3.05, 3.63) is 59.9 Å². The number of nitrogens with one attached hydrogen (secondary N) is 1. The highest BCUT2D eigenvalue weighted by molar-refractivity contribution is 7.90. The minimum atomic E-state index is -4.24. The normalized spacial score (nSPS) is 13.1. The van der Waals surface area contributed by atoms with Crippen molar-refractivity contribution < 1.29 is 27.1 Å². The van der Waals surface area contributed by atoms with E-state index in [0.29, 0.717) is 17.7 Å². The van der Waals surface area contributed by atoms with E-state index < -0.39 is 34.5 Å². The van der Waals surface area contributed by atoms with Crippen molar-refractivity contribution in [2.75, 3.05) is 32.1 Å². The number of hydrogen-bond donors (Lipinski definition) is 1. The van der Waals surface area contributed by atoms with Crippen LogP contribution in [0, 0.1) is 5.82 Å². The van der Waals surface area contributed by atoms with Crippen molar-refractivity contribution >= 4 is 27.7 Å². The van der Waals surface area contributed by atoms with Crippen molar-refractivity contribution in [1.29, 1.82) is 0 Å². The number of carbonyl (C=O) groups excluding carboxylic acids is 2. The largest absolute Gasteiger partial charge is 0.497 e. The zero-order valence-electron chi connectivity index (χ0n) is 22.3. The molecule has 0 bridgehead atoms. The standard InChI is InChI=1S/C26H37FN4O5S/c1-7-19(3)28-26(33)23(8-2)30(17-20-12-11-13-21(16-20)36-6)25(32)18-31(37(34,35)29(4)5)24-15-10-9-14-22(24)27/h9-16,19,23H,7-8,17-18H2,1-6H3,(H,28,33)/t19-,23-/m0/s1. The predicted octanol–water partition coefficient (Wildman–Crippen LogP) is 3.17. The van der Waals surface area contributed by atoms with Gasteiger partial charge in [-0.2, -0.15) is 12.7 Å². The van der Waals surface area contributed by atoms with E-state index in [-0.39, 0.29) is 30.6 Å². The lowest BCUT2D eigenvalue weighted by atomic mass is 10.1. The maximum atomic E-state index is 14.7. The molecule has 2 aromatic rings. The van der Waals surface area contributed by atoms with Gasteiger partial charge in [0.1, 0.15) is 24.2 Å². The van der Waals surface area contributed by atoms with Crippen molar-refractivity contribution in [1.82, 2.24) is 14.5 Å². The third kappa shape index (κ3) is 7.65. The van der Waals surface area contributed by atoms with Gasteiger partial charge in [0, 0.05) is 26.7 Å². The number of hydrogen-bond acceptors (Lipinski definition) is 5. The predicted molar refractivity (Wildman–Crippen MR) is 142 cm³/mol. The molecule has 0 saturated carbocycles. The summed E-state index contributed by atoms with van der Waals surface area (Å²) < 4.78 is 48.0. The summed E-state index contributed by atoms with van der Waals surface area (Å²) >= 11 is 0. The number of halogens is 1. The van der Waals surface area contributed by atoms with Gasteiger partial charge in [-0.15, -0.1) is 0 Å². The van der Waals surface area contributed by atoms with E-state index in [4.69, 9.17) is 4.74 Å². The number of anilines is 1. The zero-order chi connectivity index (χ0) is 27.8. The fourth-order valence-corrected chi connectivity index (χ4v) is 4.75. The Bertz CT molecular complexity index is 1180. The number of benzene rings is 2. The Kier molecular flexibility index (Phi) is 10.9. The highest BCUT2D eigenvalue weighted by Gasteiger charge is 2.34. The summed E-state index contributed by atoms with van der Waals surface area (Å²) in [4.78, 5) is 28.3. The van der Waals surface area contributed by atoms with Crippen LogP contribution in [0.5, 0.6) is 5.75 Å². The third-order valence-corrected chi connectivity index (χ3v) is 7.82. The Balaban J connectivity index is 2.54. The van der Waals surface area contributed by atoms with E-state index in [0.717, 1.165) is 14.7 Å². The minimum Gasteiger partial charge on any atom is -0.497 e. The van der Waals surface area contributed by atoms with E-state index in [1.54, 1.807) is 31.2 Å². The average molecular weight is 537 g/mol. The molecule has 0 aliphatic carbocycles. The molecule has 0 saturated heterocycles. The van der Waals surface area contributed by atoms with Gasteiger partial charge in [0.2, 0.25) is 11.8 Å². The molecule has 2 atom stereocenters. The van der Waals surface area contributed by atoms with Gasteiger partial charge in [-0.05, 0) is 49.6 Å². The van der Waals surface area contributed by atoms with Gasteiger partial charge >= 0.3 is 10.2 Å². The summed E-state index contributed by atoms with van der Waals surface area (Å²) in [6.07, 6.45) is 0.992. The molecule has 2 amide bonds. The maximum absolute atomic E-state index is 14.7. The van der Waals surface area contributed by atoms with Crippen molar-refractivity contribution in [2.24, 2.45) is 0 Å². The quantitative estimate of drug-likeness (QED) is 0.424. The molecule has 1 N–H and O–H groups in total. The van der Waals surface area contributed by atoms with Gasteiger partial charge in [0.25, 0.3) is 0 Å². The summed E-state index contributed by atoms with van der Waals surface area (Å²) in [6, 6.07) is 11.4. The molecule has 0 fully saturated rings. The van der Waals surface area contributed by atoms with Crippen LogP contribution in [0.25, 0.3) is 0 Å². The van der Waals surface area contributed by atoms with Crippen LogP contribution in [0.2, 0.25) is 0 Å². The van der Waals surface area contributed by atoms with Crippen LogP contribution < -0.4 is 14.4 Å². The van der Waals surface area contributed by atoms with Crippen LogP contribution in [0.3, 0.4) is 0 Å². The van der Waals surface area contributed by atoms with Gasteiger partial charge in [0.15, 0.2) is 0 Å². The second-order valence-electron chi connectivity index (χ2n) is 8.86. The van der Waals surface area contributed by atoms with E-state index in [2.05, 4.69) is 5.32 Å². The average Bonchev–Trinajstić information content (AvgIpc) is 2.87. The first-order chi connectivity index (χ1) is 17.5. The Morgan fingerprint density at radius 3 is 2.30 bits per heavy atom. The van der Waals surface area contributed by atoms with Crippen LogP contribution >= 0.6 is 0 Å². The summed E-state index contributed by atoms with van der Waals surface area (Å²) in [5.74, 6) is -1.21. The molecule has 0 unspecified atom stereocenters. The summed E-state index contributed by atoms with van der Waals surface area (Å²) in [5, 5.41) is 2.91. The van der Waals surface area contributed by atoms with Gasteiger partial charge in [-0.1, -0.05) is 38.1 Å². The van der Waals surface area contributed by atoms with E-state index in [9.17, 15) is 22.4 Å². The molecule has 11 heteroatoms. The molecular formula is C26H37FN4O5S. The van der Waals surface area contributed by atoms with Crippen LogP contribution in [0.4, 0.5) is 10.1 Å². The van der Waals surface area contributed by atoms with Crippen LogP contribution in [0.15, 0.2) is 48.5 Å². The first-order valence-corrected chi connectivity index (χ1v) is 13.5. The highest BCUT2D eigenvalue weighted by atomic mass is 32.2. The molecule has 2 rings (SSSR count). The molecule has 9 nitrogen and oxygen atoms in total. The van der Waals surface area contributed by atoms with Crippen molar-refractivity contribution in [3.8, 4) is 5.75 Å². The van der Waals surface area contributed by atoms with Gasteiger partial charge in [0.05, 0.1) is 12.8 Å². The Hall–Kier alpha value is -3.18. The molecule has 37 heavy (non-hydrogen) atoms. The fourth-order valence-electron chi connectivity index (χ4n) is 3.68. The Morgan fingerprint density at radius 2 is 1.73 bits per heavy atom. The molecule has 2 aromatic carbocycles. The fraction of sp³-hybridized carbons (Fsp3) is 0.462. The molecule has 0 aliphatic heterocycles. The Morgan fingerprint density at radius 1 is 1.05 bits per heavy atom. The number of rotatable bonds is 13. The Labute approximate surface area is 219 Å². The molecule has 0 heterocycles. The number of ether oxygens (including phenoxy) is 1. The SMILES string of the molecule is CC[C@H](C)NC(=O)[C@H](CC)N(Cc1cccc(OC)c1)C(=O)CN(c1ccccc1F)S(=O)(=O)N(C)C. The second kappa shape index (κ2) is 13.4. The molecule has 0 radical (unpaired) electrons. The monoisotopic (exact) mass is 536 g/mol. The number of amides is 2. The van der Waals surface area contributed by atoms with Crippen LogP contribution in [0.1, 0.15) is 39.2 Å². The van der Waals surface area contributed by atoms with E-state index >= 15 is 0 Å². The van der Waals surface area contributed by atoms with Gasteiger partial charge < -0.3 is 15.0 Å². The summed E-state index contributed by atoms with van der Waals surface area (Å²) in [7, 11) is -0.118. The number of methoxy groups -OCH3 is 1. The molecule has 0 spiro atoms. The van der Waals surface area contributed by atoms with E-state index in [1.165, 1.54) is 44.3 Å². The lowest BCUT2D eigenvalue weighted by Crippen LogP contribution is -2.54. The first kappa shape index (κ1) is 30.0. The lowest BCUT2D eigenvalue weighted by Gasteiger charge is -2.34. The van der Waals surface area contributed by atoms with Gasteiger partial charge in [-0.25, -0.2) is 8.70 Å². The van der Waals surface area contributed by atoms with Crippen molar-refractivity contribution in [2.45, 2.75) is 52.2 Å². The second-order valence-corrected chi connectivity index (χ2v) is 10.9. The lowest BCUT2D eigenvalue weighted by molar-refractivity contribution is -0.140. The molecule has 0 aliphatic rings. The smallest absolute Gasteiger partial charge is 0.304 e. The van der Waals surface area contributed by atoms with Crippen LogP contribution in [-0.2, 0) is 26.3 Å². The topological polar surface area (TPSA) is 99.3 Å². The number of carbonyl (C=O) groups is 2. The number of nitrogens with zero attached hydrogens (tertiary/aromatic N) is 3. The van der Waals surface area contributed by atoms with Crippen LogP contribution in [-0.4, -0.2) is 69.3 Å². The highest BCUT2D eigenvalue weighted by Crippen LogP contribution is 2.24.